The number of anilines is 1. The summed E-state index contributed by atoms with van der Waals surface area (Å²) in [5, 5.41) is 7.24. The second-order valence-electron chi connectivity index (χ2n) is 3.49. The highest BCUT2D eigenvalue weighted by Crippen LogP contribution is 2.16. The number of carbonyl (C=O) groups is 1. The van der Waals surface area contributed by atoms with Gasteiger partial charge in [0.25, 0.3) is 0 Å². The van der Waals surface area contributed by atoms with Gasteiger partial charge in [-0.1, -0.05) is 0 Å². The van der Waals surface area contributed by atoms with Gasteiger partial charge in [0.2, 0.25) is 5.95 Å². The Labute approximate surface area is 87.6 Å². The van der Waals surface area contributed by atoms with Gasteiger partial charge in [0.1, 0.15) is 5.82 Å². The summed E-state index contributed by atoms with van der Waals surface area (Å²) < 4.78 is 6.67. The SMILES string of the molecule is CCOC(=O)C1CNc2nc(C)nn2C1. The van der Waals surface area contributed by atoms with Crippen LogP contribution in [0.4, 0.5) is 5.95 Å². The first-order valence-corrected chi connectivity index (χ1v) is 5.02. The predicted molar refractivity (Wildman–Crippen MR) is 53.4 cm³/mol. The lowest BCUT2D eigenvalue weighted by molar-refractivity contribution is -0.148. The fourth-order valence-corrected chi connectivity index (χ4v) is 1.62. The topological polar surface area (TPSA) is 69.0 Å². The zero-order chi connectivity index (χ0) is 10.8. The first-order valence-electron chi connectivity index (χ1n) is 5.02. The third-order valence-electron chi connectivity index (χ3n) is 2.30. The van der Waals surface area contributed by atoms with E-state index in [9.17, 15) is 4.79 Å². The standard InChI is InChI=1S/C9H14N4O2/c1-3-15-8(14)7-4-10-9-11-6(2)12-13(9)5-7/h7H,3-5H2,1-2H3,(H,10,11,12). The van der Waals surface area contributed by atoms with Crippen molar-refractivity contribution in [1.29, 1.82) is 0 Å². The number of carbonyl (C=O) groups excluding carboxylic acids is 1. The molecule has 0 saturated carbocycles. The molecule has 82 valence electrons. The van der Waals surface area contributed by atoms with Gasteiger partial charge in [-0.05, 0) is 13.8 Å². The van der Waals surface area contributed by atoms with Crippen molar-refractivity contribution < 1.29 is 9.53 Å². The second-order valence-corrected chi connectivity index (χ2v) is 3.49. The Bertz CT molecular complexity index is 374. The van der Waals surface area contributed by atoms with Crippen molar-refractivity contribution in [2.24, 2.45) is 5.92 Å². The molecule has 1 aromatic heterocycles. The molecule has 0 fully saturated rings. The third-order valence-corrected chi connectivity index (χ3v) is 2.30. The van der Waals surface area contributed by atoms with Crippen molar-refractivity contribution >= 4 is 11.9 Å². The molecule has 1 aliphatic heterocycles. The van der Waals surface area contributed by atoms with Gasteiger partial charge in [0, 0.05) is 6.54 Å². The molecule has 6 heteroatoms. The molecular formula is C9H14N4O2. The number of aryl methyl sites for hydroxylation is 1. The maximum absolute atomic E-state index is 11.5. The van der Waals surface area contributed by atoms with Gasteiger partial charge in [-0.2, -0.15) is 10.1 Å². The molecule has 1 atom stereocenters. The van der Waals surface area contributed by atoms with Crippen LogP contribution in [0.25, 0.3) is 0 Å². The minimum atomic E-state index is -0.177. The Hall–Kier alpha value is -1.59. The molecule has 0 spiro atoms. The minimum absolute atomic E-state index is 0.168. The van der Waals surface area contributed by atoms with E-state index in [1.54, 1.807) is 11.6 Å². The average molecular weight is 210 g/mol. The molecule has 1 unspecified atom stereocenters. The molecular weight excluding hydrogens is 196 g/mol. The van der Waals surface area contributed by atoms with Gasteiger partial charge in [-0.3, -0.25) is 4.79 Å². The summed E-state index contributed by atoms with van der Waals surface area (Å²) in [6.45, 7) is 5.16. The number of fused-ring (bicyclic) bond motifs is 1. The summed E-state index contributed by atoms with van der Waals surface area (Å²) >= 11 is 0. The quantitative estimate of drug-likeness (QED) is 0.706. The predicted octanol–water partition coefficient (Wildman–Crippen LogP) is 0.191. The molecule has 0 amide bonds. The van der Waals surface area contributed by atoms with Gasteiger partial charge in [0.05, 0.1) is 19.1 Å². The van der Waals surface area contributed by atoms with Crippen LogP contribution in [0.15, 0.2) is 0 Å². The van der Waals surface area contributed by atoms with Crippen LogP contribution < -0.4 is 5.32 Å². The van der Waals surface area contributed by atoms with Gasteiger partial charge < -0.3 is 10.1 Å². The zero-order valence-electron chi connectivity index (χ0n) is 8.86. The first-order chi connectivity index (χ1) is 7.20. The molecule has 2 heterocycles. The van der Waals surface area contributed by atoms with E-state index in [-0.39, 0.29) is 11.9 Å². The summed E-state index contributed by atoms with van der Waals surface area (Å²) in [4.78, 5) is 15.7. The smallest absolute Gasteiger partial charge is 0.312 e. The number of nitrogens with one attached hydrogen (secondary N) is 1. The van der Waals surface area contributed by atoms with Gasteiger partial charge >= 0.3 is 5.97 Å². The summed E-state index contributed by atoms with van der Waals surface area (Å²) in [5.74, 6) is 1.09. The van der Waals surface area contributed by atoms with Gasteiger partial charge in [-0.25, -0.2) is 4.68 Å². The highest BCUT2D eigenvalue weighted by atomic mass is 16.5. The highest BCUT2D eigenvalue weighted by Gasteiger charge is 2.26. The molecule has 6 nitrogen and oxygen atoms in total. The first kappa shape index (κ1) is 9.95. The summed E-state index contributed by atoms with van der Waals surface area (Å²) in [6, 6.07) is 0. The molecule has 15 heavy (non-hydrogen) atoms. The summed E-state index contributed by atoms with van der Waals surface area (Å²) in [5.41, 5.74) is 0. The van der Waals surface area contributed by atoms with Gasteiger partial charge in [-0.15, -0.1) is 0 Å². The lowest BCUT2D eigenvalue weighted by Crippen LogP contribution is -2.34. The van der Waals surface area contributed by atoms with E-state index in [2.05, 4.69) is 15.4 Å². The Morgan fingerprint density at radius 3 is 3.27 bits per heavy atom. The fourth-order valence-electron chi connectivity index (χ4n) is 1.62. The molecule has 0 radical (unpaired) electrons. The van der Waals surface area contributed by atoms with E-state index in [1.807, 2.05) is 6.92 Å². The van der Waals surface area contributed by atoms with Crippen molar-refractivity contribution in [3.05, 3.63) is 5.82 Å². The normalized spacial score (nSPS) is 19.2. The van der Waals surface area contributed by atoms with E-state index in [0.29, 0.717) is 25.5 Å². The van der Waals surface area contributed by atoms with Crippen molar-refractivity contribution in [1.82, 2.24) is 14.8 Å². The lowest BCUT2D eigenvalue weighted by atomic mass is 10.1. The maximum atomic E-state index is 11.5. The molecule has 2 rings (SSSR count). The molecule has 0 aromatic carbocycles. The number of nitrogens with zero attached hydrogens (tertiary/aromatic N) is 3. The molecule has 1 aliphatic rings. The van der Waals surface area contributed by atoms with Crippen LogP contribution in [-0.4, -0.2) is 33.9 Å². The van der Waals surface area contributed by atoms with Crippen molar-refractivity contribution in [3.63, 3.8) is 0 Å². The highest BCUT2D eigenvalue weighted by molar-refractivity contribution is 5.73. The van der Waals surface area contributed by atoms with Crippen molar-refractivity contribution in [2.45, 2.75) is 20.4 Å². The van der Waals surface area contributed by atoms with E-state index in [1.165, 1.54) is 0 Å². The number of hydrogen-bond acceptors (Lipinski definition) is 5. The van der Waals surface area contributed by atoms with Gasteiger partial charge in [0.15, 0.2) is 0 Å². The maximum Gasteiger partial charge on any atom is 0.312 e. The molecule has 0 saturated heterocycles. The van der Waals surface area contributed by atoms with E-state index < -0.39 is 0 Å². The molecule has 0 bridgehead atoms. The molecule has 0 aliphatic carbocycles. The van der Waals surface area contributed by atoms with Crippen LogP contribution in [-0.2, 0) is 16.1 Å². The number of ether oxygens (including phenoxy) is 1. The number of hydrogen-bond donors (Lipinski definition) is 1. The number of aromatic nitrogens is 3. The molecule has 1 N–H and O–H groups in total. The van der Waals surface area contributed by atoms with E-state index >= 15 is 0 Å². The Balaban J connectivity index is 2.08. The largest absolute Gasteiger partial charge is 0.466 e. The lowest BCUT2D eigenvalue weighted by Gasteiger charge is -2.21. The van der Waals surface area contributed by atoms with Crippen molar-refractivity contribution in [3.8, 4) is 0 Å². The summed E-state index contributed by atoms with van der Waals surface area (Å²) in [6.07, 6.45) is 0. The van der Waals surface area contributed by atoms with Crippen LogP contribution in [0.1, 0.15) is 12.7 Å². The second kappa shape index (κ2) is 3.88. The Morgan fingerprint density at radius 2 is 2.53 bits per heavy atom. The third kappa shape index (κ3) is 1.93. The zero-order valence-corrected chi connectivity index (χ0v) is 8.86. The Kier molecular flexibility index (Phi) is 2.57. The van der Waals surface area contributed by atoms with E-state index in [4.69, 9.17) is 4.74 Å². The monoisotopic (exact) mass is 210 g/mol. The average Bonchev–Trinajstić information content (AvgIpc) is 2.57. The number of rotatable bonds is 2. The van der Waals surface area contributed by atoms with Crippen LogP contribution in [0, 0.1) is 12.8 Å². The molecule has 1 aromatic rings. The summed E-state index contributed by atoms with van der Waals surface area (Å²) in [7, 11) is 0. The van der Waals surface area contributed by atoms with Crippen LogP contribution >= 0.6 is 0 Å². The van der Waals surface area contributed by atoms with Crippen LogP contribution in [0.5, 0.6) is 0 Å². The van der Waals surface area contributed by atoms with Crippen LogP contribution in [0.3, 0.4) is 0 Å². The van der Waals surface area contributed by atoms with Crippen LogP contribution in [0.2, 0.25) is 0 Å². The van der Waals surface area contributed by atoms with Crippen molar-refractivity contribution in [2.75, 3.05) is 18.5 Å². The number of esters is 1. The Morgan fingerprint density at radius 1 is 1.73 bits per heavy atom. The van der Waals surface area contributed by atoms with E-state index in [0.717, 1.165) is 5.95 Å². The fraction of sp³-hybridized carbons (Fsp3) is 0.667. The minimum Gasteiger partial charge on any atom is -0.466 e.